The van der Waals surface area contributed by atoms with Gasteiger partial charge < -0.3 is 10.2 Å². The van der Waals surface area contributed by atoms with Gasteiger partial charge in [-0.05, 0) is 33.5 Å². The van der Waals surface area contributed by atoms with Crippen molar-refractivity contribution in [2.45, 2.75) is 0 Å². The molecule has 1 aromatic carbocycles. The van der Waals surface area contributed by atoms with Gasteiger partial charge in [-0.2, -0.15) is 0 Å². The minimum atomic E-state index is 0.155. The summed E-state index contributed by atoms with van der Waals surface area (Å²) in [6.07, 6.45) is 0. The van der Waals surface area contributed by atoms with Crippen LogP contribution in [0.3, 0.4) is 0 Å². The molecule has 0 saturated heterocycles. The number of aromatic hydroxyl groups is 2. The van der Waals surface area contributed by atoms with Gasteiger partial charge in [0.1, 0.15) is 19.3 Å². The average Bonchev–Trinajstić information content (AvgIpc) is 1.82. The molecule has 2 N–H and O–H groups in total. The fourth-order valence-electron chi connectivity index (χ4n) is 0.718. The zero-order valence-electron chi connectivity index (χ0n) is 5.43. The van der Waals surface area contributed by atoms with E-state index in [1.165, 1.54) is 12.1 Å². The molecule has 0 aliphatic carbocycles. The highest BCUT2D eigenvalue weighted by atomic mass is 79.9. The second-order valence-electron chi connectivity index (χ2n) is 2.09. The molecule has 0 aliphatic heterocycles. The molecule has 2 nitrogen and oxygen atoms in total. The van der Waals surface area contributed by atoms with Gasteiger partial charge in [-0.15, -0.1) is 0 Å². The first-order valence-corrected chi connectivity index (χ1v) is 3.58. The van der Waals surface area contributed by atoms with Crippen LogP contribution in [0.1, 0.15) is 0 Å². The van der Waals surface area contributed by atoms with Crippen LogP contribution in [-0.2, 0) is 0 Å². The molecule has 0 aromatic heterocycles. The molecule has 0 fully saturated rings. The molecule has 0 bridgehead atoms. The summed E-state index contributed by atoms with van der Waals surface area (Å²) in [5.41, 5.74) is 0.659. The number of phenolic OH excluding ortho intramolecular Hbond substituents is 2. The van der Waals surface area contributed by atoms with Crippen molar-refractivity contribution in [3.8, 4) is 11.5 Å². The van der Waals surface area contributed by atoms with Crippen molar-refractivity contribution in [2.75, 3.05) is 0 Å². The Morgan fingerprint density at radius 2 is 1.90 bits per heavy atom. The molecule has 0 heterocycles. The molecule has 0 atom stereocenters. The minimum Gasteiger partial charge on any atom is -0.508 e. The summed E-state index contributed by atoms with van der Waals surface area (Å²) in [6, 6.07) is 2.95. The van der Waals surface area contributed by atoms with Gasteiger partial charge in [0.2, 0.25) is 0 Å². The molecule has 0 saturated carbocycles. The normalized spacial score (nSPS) is 9.70. The van der Waals surface area contributed by atoms with Crippen molar-refractivity contribution >= 4 is 29.2 Å². The maximum absolute atomic E-state index is 9.17. The molecule has 52 valence electrons. The van der Waals surface area contributed by atoms with Crippen LogP contribution in [0.4, 0.5) is 0 Å². The average molecular weight is 201 g/mol. The third kappa shape index (κ3) is 1.26. The molecular weight excluding hydrogens is 195 g/mol. The van der Waals surface area contributed by atoms with Gasteiger partial charge in [0.15, 0.2) is 0 Å². The summed E-state index contributed by atoms with van der Waals surface area (Å²) in [4.78, 5) is 0. The quantitative estimate of drug-likeness (QED) is 0.462. The van der Waals surface area contributed by atoms with Crippen LogP contribution in [0, 0.1) is 0 Å². The van der Waals surface area contributed by atoms with Crippen LogP contribution < -0.4 is 5.46 Å². The molecule has 4 heteroatoms. The maximum Gasteiger partial charge on any atom is 0.144 e. The summed E-state index contributed by atoms with van der Waals surface area (Å²) in [5, 5.41) is 18.1. The van der Waals surface area contributed by atoms with E-state index in [0.29, 0.717) is 9.94 Å². The molecule has 10 heavy (non-hydrogen) atoms. The minimum absolute atomic E-state index is 0.155. The van der Waals surface area contributed by atoms with Crippen LogP contribution in [0.2, 0.25) is 0 Å². The maximum atomic E-state index is 9.17. The molecule has 0 radical (unpaired) electrons. The Bertz CT molecular complexity index is 239. The monoisotopic (exact) mass is 200 g/mol. The van der Waals surface area contributed by atoms with Gasteiger partial charge in [0.05, 0.1) is 4.47 Å². The van der Waals surface area contributed by atoms with Crippen molar-refractivity contribution in [1.29, 1.82) is 0 Å². The first kappa shape index (κ1) is 7.47. The number of benzene rings is 1. The van der Waals surface area contributed by atoms with E-state index < -0.39 is 0 Å². The van der Waals surface area contributed by atoms with E-state index in [0.717, 1.165) is 0 Å². The van der Waals surface area contributed by atoms with Crippen LogP contribution in [0.25, 0.3) is 0 Å². The molecule has 1 rings (SSSR count). The molecule has 1 aromatic rings. The van der Waals surface area contributed by atoms with Gasteiger partial charge in [0.25, 0.3) is 0 Å². The Labute approximate surface area is 68.0 Å². The van der Waals surface area contributed by atoms with E-state index in [1.807, 2.05) is 0 Å². The number of hydrogen-bond acceptors (Lipinski definition) is 2. The van der Waals surface area contributed by atoms with Crippen molar-refractivity contribution in [3.05, 3.63) is 16.6 Å². The zero-order chi connectivity index (χ0) is 7.72. The molecule has 0 aliphatic rings. The van der Waals surface area contributed by atoms with Gasteiger partial charge in [0, 0.05) is 0 Å². The largest absolute Gasteiger partial charge is 0.508 e. The van der Waals surface area contributed by atoms with Crippen LogP contribution in [-0.4, -0.2) is 18.1 Å². The van der Waals surface area contributed by atoms with E-state index in [1.54, 1.807) is 7.85 Å². The lowest BCUT2D eigenvalue weighted by molar-refractivity contribution is 0.461. The summed E-state index contributed by atoms with van der Waals surface area (Å²) >= 11 is 3.09. The standard InChI is InChI=1S/C6H6BBrO2/c7-4-1-3(9)2-5(8)6(4)10/h1-2,9-10H,7H2. The number of hydrogen-bond donors (Lipinski definition) is 2. The summed E-state index contributed by atoms with van der Waals surface area (Å²) < 4.78 is 0.519. The predicted molar refractivity (Wildman–Crippen MR) is 45.6 cm³/mol. The van der Waals surface area contributed by atoms with Gasteiger partial charge in [-0.3, -0.25) is 0 Å². The zero-order valence-corrected chi connectivity index (χ0v) is 7.01. The van der Waals surface area contributed by atoms with Gasteiger partial charge in [-0.1, -0.05) is 0 Å². The fourth-order valence-corrected chi connectivity index (χ4v) is 1.27. The van der Waals surface area contributed by atoms with E-state index in [9.17, 15) is 5.11 Å². The fraction of sp³-hybridized carbons (Fsp3) is 0. The first-order chi connectivity index (χ1) is 4.61. The third-order valence-electron chi connectivity index (χ3n) is 1.24. The highest BCUT2D eigenvalue weighted by Gasteiger charge is 2.01. The Hall–Kier alpha value is -0.635. The van der Waals surface area contributed by atoms with E-state index >= 15 is 0 Å². The van der Waals surface area contributed by atoms with E-state index in [2.05, 4.69) is 15.9 Å². The number of phenols is 2. The van der Waals surface area contributed by atoms with Crippen molar-refractivity contribution in [2.24, 2.45) is 0 Å². The summed E-state index contributed by atoms with van der Waals surface area (Å²) in [7, 11) is 1.72. The second-order valence-corrected chi connectivity index (χ2v) is 2.95. The van der Waals surface area contributed by atoms with Crippen LogP contribution in [0.5, 0.6) is 11.5 Å². The third-order valence-corrected chi connectivity index (χ3v) is 1.84. The lowest BCUT2D eigenvalue weighted by Gasteiger charge is -2.01. The second kappa shape index (κ2) is 2.54. The number of halogens is 1. The Morgan fingerprint density at radius 3 is 2.40 bits per heavy atom. The Kier molecular flexibility index (Phi) is 1.90. The van der Waals surface area contributed by atoms with Crippen molar-refractivity contribution in [3.63, 3.8) is 0 Å². The predicted octanol–water partition coefficient (Wildman–Crippen LogP) is 0.119. The van der Waals surface area contributed by atoms with Crippen molar-refractivity contribution < 1.29 is 10.2 Å². The van der Waals surface area contributed by atoms with Gasteiger partial charge >= 0.3 is 0 Å². The molecule has 0 unspecified atom stereocenters. The Morgan fingerprint density at radius 1 is 1.30 bits per heavy atom. The summed E-state index contributed by atoms with van der Waals surface area (Å²) in [6.45, 7) is 0. The lowest BCUT2D eigenvalue weighted by atomic mass is 9.95. The van der Waals surface area contributed by atoms with Crippen molar-refractivity contribution in [1.82, 2.24) is 0 Å². The molecule has 0 amide bonds. The first-order valence-electron chi connectivity index (χ1n) is 2.79. The van der Waals surface area contributed by atoms with E-state index in [-0.39, 0.29) is 11.5 Å². The lowest BCUT2D eigenvalue weighted by Crippen LogP contribution is -2.01. The summed E-state index contributed by atoms with van der Waals surface area (Å²) in [5.74, 6) is 0.333. The van der Waals surface area contributed by atoms with Gasteiger partial charge in [-0.25, -0.2) is 0 Å². The topological polar surface area (TPSA) is 40.5 Å². The van der Waals surface area contributed by atoms with E-state index in [4.69, 9.17) is 5.11 Å². The van der Waals surface area contributed by atoms with Crippen LogP contribution >= 0.6 is 15.9 Å². The molecule has 0 spiro atoms. The molecular formula is C6H6BBrO2. The highest BCUT2D eigenvalue weighted by Crippen LogP contribution is 2.24. The SMILES string of the molecule is Bc1cc(O)cc(Br)c1O. The highest BCUT2D eigenvalue weighted by molar-refractivity contribution is 9.10. The Balaban J connectivity index is 3.31. The number of rotatable bonds is 0. The smallest absolute Gasteiger partial charge is 0.144 e. The van der Waals surface area contributed by atoms with Crippen LogP contribution in [0.15, 0.2) is 16.6 Å².